The Bertz CT molecular complexity index is 709. The van der Waals surface area contributed by atoms with Gasteiger partial charge in [-0.25, -0.2) is 4.39 Å². The van der Waals surface area contributed by atoms with Gasteiger partial charge >= 0.3 is 0 Å². The van der Waals surface area contributed by atoms with Gasteiger partial charge in [0.05, 0.1) is 6.04 Å². The third-order valence-corrected chi connectivity index (χ3v) is 3.35. The van der Waals surface area contributed by atoms with Gasteiger partial charge in [0, 0.05) is 23.7 Å². The number of pyridine rings is 1. The molecule has 0 aliphatic carbocycles. The van der Waals surface area contributed by atoms with Gasteiger partial charge in [0.2, 0.25) is 0 Å². The van der Waals surface area contributed by atoms with Crippen molar-refractivity contribution in [2.45, 2.75) is 12.5 Å². The van der Waals surface area contributed by atoms with Gasteiger partial charge in [-0.2, -0.15) is 0 Å². The quantitative estimate of drug-likeness (QED) is 0.789. The molecule has 0 fully saturated rings. The van der Waals surface area contributed by atoms with Crippen LogP contribution in [0.25, 0.3) is 11.0 Å². The summed E-state index contributed by atoms with van der Waals surface area (Å²) in [5.41, 5.74) is 1.27. The van der Waals surface area contributed by atoms with E-state index in [1.165, 1.54) is 6.07 Å². The van der Waals surface area contributed by atoms with E-state index in [0.29, 0.717) is 12.0 Å². The maximum absolute atomic E-state index is 13.7. The third kappa shape index (κ3) is 2.42. The highest BCUT2D eigenvalue weighted by Gasteiger charge is 2.17. The number of fused-ring (bicyclic) bond motifs is 1. The van der Waals surface area contributed by atoms with E-state index in [0.717, 1.165) is 16.8 Å². The van der Waals surface area contributed by atoms with Gasteiger partial charge in [0.25, 0.3) is 0 Å². The molecular weight excluding hydrogens is 255 g/mol. The van der Waals surface area contributed by atoms with Crippen LogP contribution in [0.1, 0.15) is 17.5 Å². The van der Waals surface area contributed by atoms with Gasteiger partial charge < -0.3 is 9.73 Å². The lowest BCUT2D eigenvalue weighted by Crippen LogP contribution is -2.18. The molecule has 3 nitrogen and oxygen atoms in total. The van der Waals surface area contributed by atoms with E-state index in [4.69, 9.17) is 4.42 Å². The van der Waals surface area contributed by atoms with Crippen molar-refractivity contribution in [3.63, 3.8) is 0 Å². The Hall–Kier alpha value is -2.20. The van der Waals surface area contributed by atoms with Crippen molar-refractivity contribution in [2.24, 2.45) is 0 Å². The maximum Gasteiger partial charge on any atom is 0.169 e. The predicted molar refractivity (Wildman–Crippen MR) is 75.9 cm³/mol. The molecule has 0 aliphatic rings. The van der Waals surface area contributed by atoms with Crippen molar-refractivity contribution in [1.29, 1.82) is 0 Å². The fraction of sp³-hybridized carbons (Fsp3) is 0.188. The van der Waals surface area contributed by atoms with E-state index < -0.39 is 0 Å². The van der Waals surface area contributed by atoms with Crippen LogP contribution in [0.4, 0.5) is 4.39 Å². The SMILES string of the molecule is CNC(Cc1ccccn1)c1cc2cccc(F)c2o1. The number of halogens is 1. The van der Waals surface area contributed by atoms with E-state index in [-0.39, 0.29) is 11.9 Å². The lowest BCUT2D eigenvalue weighted by Gasteiger charge is -2.12. The van der Waals surface area contributed by atoms with Crippen molar-refractivity contribution in [2.75, 3.05) is 7.05 Å². The molecule has 0 aliphatic heterocycles. The lowest BCUT2D eigenvalue weighted by atomic mass is 10.1. The van der Waals surface area contributed by atoms with Crippen LogP contribution in [-0.4, -0.2) is 12.0 Å². The van der Waals surface area contributed by atoms with Crippen LogP contribution in [0.3, 0.4) is 0 Å². The molecule has 1 unspecified atom stereocenters. The number of rotatable bonds is 4. The standard InChI is InChI=1S/C16H15FN2O/c1-18-14(10-12-6-2-3-8-19-12)15-9-11-5-4-7-13(17)16(11)20-15/h2-9,14,18H,10H2,1H3. The highest BCUT2D eigenvalue weighted by Crippen LogP contribution is 2.27. The summed E-state index contributed by atoms with van der Waals surface area (Å²) in [7, 11) is 1.86. The van der Waals surface area contributed by atoms with Crippen molar-refractivity contribution in [3.8, 4) is 0 Å². The first-order valence-corrected chi connectivity index (χ1v) is 6.53. The first kappa shape index (κ1) is 12.8. The van der Waals surface area contributed by atoms with Crippen LogP contribution < -0.4 is 5.32 Å². The van der Waals surface area contributed by atoms with E-state index in [1.54, 1.807) is 12.3 Å². The summed E-state index contributed by atoms with van der Waals surface area (Å²) in [5, 5.41) is 3.97. The van der Waals surface area contributed by atoms with Crippen molar-refractivity contribution in [1.82, 2.24) is 10.3 Å². The Balaban J connectivity index is 1.93. The Morgan fingerprint density at radius 3 is 2.85 bits per heavy atom. The average Bonchev–Trinajstić information content (AvgIpc) is 2.91. The second-order valence-electron chi connectivity index (χ2n) is 4.67. The number of aromatic nitrogens is 1. The fourth-order valence-corrected chi connectivity index (χ4v) is 2.29. The first-order valence-electron chi connectivity index (χ1n) is 6.53. The van der Waals surface area contributed by atoms with Gasteiger partial charge in [0.1, 0.15) is 5.76 Å². The molecule has 3 rings (SSSR count). The van der Waals surface area contributed by atoms with E-state index >= 15 is 0 Å². The molecule has 1 aromatic carbocycles. The van der Waals surface area contributed by atoms with Crippen molar-refractivity contribution >= 4 is 11.0 Å². The molecule has 0 radical (unpaired) electrons. The van der Waals surface area contributed by atoms with Crippen molar-refractivity contribution in [3.05, 3.63) is 65.9 Å². The molecular formula is C16H15FN2O. The fourth-order valence-electron chi connectivity index (χ4n) is 2.29. The molecule has 0 bridgehead atoms. The Kier molecular flexibility index (Phi) is 3.48. The minimum Gasteiger partial charge on any atom is -0.456 e. The zero-order valence-corrected chi connectivity index (χ0v) is 11.1. The molecule has 102 valence electrons. The first-order chi connectivity index (χ1) is 9.78. The molecule has 0 saturated heterocycles. The molecule has 20 heavy (non-hydrogen) atoms. The minimum atomic E-state index is -0.332. The molecule has 2 heterocycles. The highest BCUT2D eigenvalue weighted by molar-refractivity contribution is 5.78. The predicted octanol–water partition coefficient (Wildman–Crippen LogP) is 3.47. The number of furan rings is 1. The highest BCUT2D eigenvalue weighted by atomic mass is 19.1. The number of likely N-dealkylation sites (N-methyl/N-ethyl adjacent to an activating group) is 1. The Labute approximate surface area is 116 Å². The maximum atomic E-state index is 13.7. The van der Waals surface area contributed by atoms with Gasteiger partial charge in [0.15, 0.2) is 11.4 Å². The third-order valence-electron chi connectivity index (χ3n) is 3.35. The summed E-state index contributed by atoms with van der Waals surface area (Å²) in [6.45, 7) is 0. The second-order valence-corrected chi connectivity index (χ2v) is 4.67. The largest absolute Gasteiger partial charge is 0.456 e. The van der Waals surface area contributed by atoms with Gasteiger partial charge in [-0.3, -0.25) is 4.98 Å². The lowest BCUT2D eigenvalue weighted by molar-refractivity contribution is 0.439. The average molecular weight is 270 g/mol. The van der Waals surface area contributed by atoms with Crippen molar-refractivity contribution < 1.29 is 8.81 Å². The molecule has 0 saturated carbocycles. The Morgan fingerprint density at radius 1 is 1.25 bits per heavy atom. The molecule has 0 spiro atoms. The van der Waals surface area contributed by atoms with Crippen LogP contribution in [0.5, 0.6) is 0 Å². The smallest absolute Gasteiger partial charge is 0.169 e. The zero-order valence-electron chi connectivity index (χ0n) is 11.1. The molecule has 4 heteroatoms. The molecule has 0 amide bonds. The normalized spacial score (nSPS) is 12.7. The van der Waals surface area contributed by atoms with Crippen LogP contribution >= 0.6 is 0 Å². The Morgan fingerprint density at radius 2 is 2.15 bits per heavy atom. The van der Waals surface area contributed by atoms with E-state index in [9.17, 15) is 4.39 Å². The number of para-hydroxylation sites is 1. The molecule has 1 atom stereocenters. The topological polar surface area (TPSA) is 38.1 Å². The summed E-state index contributed by atoms with van der Waals surface area (Å²) >= 11 is 0. The second kappa shape index (κ2) is 5.43. The molecule has 2 aromatic heterocycles. The van der Waals surface area contributed by atoms with E-state index in [2.05, 4.69) is 10.3 Å². The van der Waals surface area contributed by atoms with Crippen LogP contribution in [-0.2, 0) is 6.42 Å². The zero-order chi connectivity index (χ0) is 13.9. The van der Waals surface area contributed by atoms with Gasteiger partial charge in [-0.05, 0) is 31.3 Å². The van der Waals surface area contributed by atoms with Crippen LogP contribution in [0.2, 0.25) is 0 Å². The summed E-state index contributed by atoms with van der Waals surface area (Å²) < 4.78 is 19.3. The number of hydrogen-bond acceptors (Lipinski definition) is 3. The summed E-state index contributed by atoms with van der Waals surface area (Å²) in [5.74, 6) is 0.389. The molecule has 3 aromatic rings. The summed E-state index contributed by atoms with van der Waals surface area (Å²) in [4.78, 5) is 4.31. The number of hydrogen-bond donors (Lipinski definition) is 1. The van der Waals surface area contributed by atoms with Crippen LogP contribution in [0.15, 0.2) is 53.1 Å². The number of nitrogens with zero attached hydrogens (tertiary/aromatic N) is 1. The minimum absolute atomic E-state index is 0.0308. The number of benzene rings is 1. The van der Waals surface area contributed by atoms with Gasteiger partial charge in [-0.1, -0.05) is 18.2 Å². The van der Waals surface area contributed by atoms with Crippen LogP contribution in [0, 0.1) is 5.82 Å². The number of nitrogens with one attached hydrogen (secondary N) is 1. The summed E-state index contributed by atoms with van der Waals surface area (Å²) in [6.07, 6.45) is 2.46. The van der Waals surface area contributed by atoms with Gasteiger partial charge in [-0.15, -0.1) is 0 Å². The monoisotopic (exact) mass is 270 g/mol. The molecule has 1 N–H and O–H groups in total. The van der Waals surface area contributed by atoms with E-state index in [1.807, 2.05) is 37.4 Å². The summed E-state index contributed by atoms with van der Waals surface area (Å²) in [6, 6.07) is 12.6.